The van der Waals surface area contributed by atoms with E-state index in [1.807, 2.05) is 20.9 Å². The molecular weight excluding hydrogens is 314 g/mol. The van der Waals surface area contributed by atoms with E-state index >= 15 is 0 Å². The molecule has 0 aliphatic heterocycles. The van der Waals surface area contributed by atoms with E-state index in [9.17, 15) is 13.2 Å². The summed E-state index contributed by atoms with van der Waals surface area (Å²) in [6.45, 7) is 3.89. The Morgan fingerprint density at radius 3 is 2.35 bits per heavy atom. The second-order valence-electron chi connectivity index (χ2n) is 6.83. The lowest BCUT2D eigenvalue weighted by Crippen LogP contribution is -2.39. The second kappa shape index (κ2) is 7.03. The Hall–Kier alpha value is -1.37. The topological polar surface area (TPSA) is 81.1 Å². The highest BCUT2D eigenvalue weighted by Gasteiger charge is 2.25. The molecule has 0 atom stereocenters. The normalized spacial score (nSPS) is 22.1. The van der Waals surface area contributed by atoms with Gasteiger partial charge in [-0.15, -0.1) is 0 Å². The molecule has 0 radical (unpaired) electrons. The molecule has 0 bridgehead atoms. The highest BCUT2D eigenvalue weighted by molar-refractivity contribution is 7.90. The average molecular weight is 341 g/mol. The van der Waals surface area contributed by atoms with Gasteiger partial charge in [0.2, 0.25) is 5.91 Å². The lowest BCUT2D eigenvalue weighted by Gasteiger charge is -2.28. The van der Waals surface area contributed by atoms with Crippen LogP contribution in [0.3, 0.4) is 0 Å². The summed E-state index contributed by atoms with van der Waals surface area (Å²) in [5.74, 6) is 0.526. The fourth-order valence-electron chi connectivity index (χ4n) is 3.41. The molecule has 1 aromatic rings. The van der Waals surface area contributed by atoms with Gasteiger partial charge in [-0.1, -0.05) is 0 Å². The van der Waals surface area contributed by atoms with Crippen LogP contribution in [0.15, 0.2) is 0 Å². The number of nitrogens with zero attached hydrogens (tertiary/aromatic N) is 2. The van der Waals surface area contributed by atoms with Gasteiger partial charge in [-0.2, -0.15) is 5.10 Å². The van der Waals surface area contributed by atoms with Gasteiger partial charge in [-0.05, 0) is 45.4 Å². The van der Waals surface area contributed by atoms with Crippen LogP contribution in [-0.2, 0) is 28.1 Å². The minimum Gasteiger partial charge on any atom is -0.353 e. The number of hydrogen-bond acceptors (Lipinski definition) is 4. The summed E-state index contributed by atoms with van der Waals surface area (Å²) in [6, 6.07) is 0.163. The summed E-state index contributed by atoms with van der Waals surface area (Å²) in [5, 5.41) is 7.42. The third kappa shape index (κ3) is 5.06. The van der Waals surface area contributed by atoms with Crippen LogP contribution in [0, 0.1) is 19.8 Å². The van der Waals surface area contributed by atoms with Crippen LogP contribution in [0.25, 0.3) is 0 Å². The Morgan fingerprint density at radius 2 is 1.87 bits per heavy atom. The minimum atomic E-state index is -2.91. The standard InChI is InChI=1S/C16H27N3O3S/c1-11-15(12(2)19(3)18-11)9-16(20)17-14-7-5-13(6-8-14)10-23(4,21)22/h13-14H,5-10H2,1-4H3,(H,17,20). The van der Waals surface area contributed by atoms with Crippen LogP contribution in [0.2, 0.25) is 0 Å². The number of aryl methyl sites for hydroxylation is 2. The molecule has 0 spiro atoms. The molecule has 1 amide bonds. The van der Waals surface area contributed by atoms with Gasteiger partial charge in [-0.3, -0.25) is 9.48 Å². The highest BCUT2D eigenvalue weighted by Crippen LogP contribution is 2.25. The number of amides is 1. The zero-order chi connectivity index (χ0) is 17.2. The predicted molar refractivity (Wildman–Crippen MR) is 90.0 cm³/mol. The zero-order valence-electron chi connectivity index (χ0n) is 14.4. The molecule has 0 unspecified atom stereocenters. The Labute approximate surface area is 138 Å². The third-order valence-corrected chi connectivity index (χ3v) is 5.82. The fourth-order valence-corrected chi connectivity index (χ4v) is 4.60. The van der Waals surface area contributed by atoms with E-state index in [4.69, 9.17) is 0 Å². The maximum absolute atomic E-state index is 12.3. The van der Waals surface area contributed by atoms with Crippen LogP contribution in [0.1, 0.15) is 42.6 Å². The van der Waals surface area contributed by atoms with Gasteiger partial charge in [0.15, 0.2) is 0 Å². The lowest BCUT2D eigenvalue weighted by atomic mass is 9.87. The molecule has 0 saturated heterocycles. The first-order valence-corrected chi connectivity index (χ1v) is 10.2. The molecule has 1 fully saturated rings. The Bertz CT molecular complexity index is 671. The first kappa shape index (κ1) is 18.0. The van der Waals surface area contributed by atoms with Crippen molar-refractivity contribution < 1.29 is 13.2 Å². The zero-order valence-corrected chi connectivity index (χ0v) is 15.2. The number of carbonyl (C=O) groups excluding carboxylic acids is 1. The molecule has 1 aromatic heterocycles. The molecule has 1 N–H and O–H groups in total. The van der Waals surface area contributed by atoms with Gasteiger partial charge in [-0.25, -0.2) is 8.42 Å². The van der Waals surface area contributed by atoms with Gasteiger partial charge >= 0.3 is 0 Å². The second-order valence-corrected chi connectivity index (χ2v) is 9.01. The van der Waals surface area contributed by atoms with Gasteiger partial charge in [0.1, 0.15) is 9.84 Å². The van der Waals surface area contributed by atoms with Crippen LogP contribution in [-0.4, -0.2) is 42.2 Å². The van der Waals surface area contributed by atoms with Crippen molar-refractivity contribution >= 4 is 15.7 Å². The van der Waals surface area contributed by atoms with E-state index < -0.39 is 9.84 Å². The summed E-state index contributed by atoms with van der Waals surface area (Å²) in [4.78, 5) is 12.3. The Morgan fingerprint density at radius 1 is 1.26 bits per heavy atom. The number of rotatable bonds is 5. The van der Waals surface area contributed by atoms with Crippen molar-refractivity contribution in [3.05, 3.63) is 17.0 Å². The molecule has 1 heterocycles. The maximum atomic E-state index is 12.3. The summed E-state index contributed by atoms with van der Waals surface area (Å²) in [5.41, 5.74) is 2.92. The first-order chi connectivity index (χ1) is 10.7. The number of nitrogens with one attached hydrogen (secondary N) is 1. The fraction of sp³-hybridized carbons (Fsp3) is 0.750. The van der Waals surface area contributed by atoms with E-state index in [0.717, 1.165) is 42.6 Å². The van der Waals surface area contributed by atoms with Gasteiger partial charge in [0.25, 0.3) is 0 Å². The average Bonchev–Trinajstić information content (AvgIpc) is 2.66. The molecular formula is C16H27N3O3S. The van der Waals surface area contributed by atoms with Crippen molar-refractivity contribution in [1.29, 1.82) is 0 Å². The van der Waals surface area contributed by atoms with Crippen LogP contribution in [0.5, 0.6) is 0 Å². The Kier molecular flexibility index (Phi) is 5.49. The Balaban J connectivity index is 1.83. The maximum Gasteiger partial charge on any atom is 0.224 e. The molecule has 0 aromatic carbocycles. The van der Waals surface area contributed by atoms with Crippen LogP contribution in [0.4, 0.5) is 0 Å². The minimum absolute atomic E-state index is 0.0239. The summed E-state index contributed by atoms with van der Waals surface area (Å²) >= 11 is 0. The number of carbonyl (C=O) groups is 1. The monoisotopic (exact) mass is 341 g/mol. The number of sulfone groups is 1. The quantitative estimate of drug-likeness (QED) is 0.875. The van der Waals surface area contributed by atoms with Crippen LogP contribution >= 0.6 is 0 Å². The van der Waals surface area contributed by atoms with Crippen molar-refractivity contribution in [2.75, 3.05) is 12.0 Å². The van der Waals surface area contributed by atoms with E-state index in [1.165, 1.54) is 6.26 Å². The third-order valence-electron chi connectivity index (χ3n) is 4.75. The molecule has 130 valence electrons. The van der Waals surface area contributed by atoms with E-state index in [1.54, 1.807) is 4.68 Å². The van der Waals surface area contributed by atoms with Gasteiger partial charge in [0, 0.05) is 30.6 Å². The molecule has 1 aliphatic rings. The van der Waals surface area contributed by atoms with E-state index in [0.29, 0.717) is 6.42 Å². The van der Waals surface area contributed by atoms with Gasteiger partial charge < -0.3 is 5.32 Å². The summed E-state index contributed by atoms with van der Waals surface area (Å²) in [7, 11) is -1.03. The SMILES string of the molecule is Cc1nn(C)c(C)c1CC(=O)NC1CCC(CS(C)(=O)=O)CC1. The highest BCUT2D eigenvalue weighted by atomic mass is 32.2. The number of aromatic nitrogens is 2. The summed E-state index contributed by atoms with van der Waals surface area (Å²) < 4.78 is 24.5. The smallest absolute Gasteiger partial charge is 0.224 e. The molecule has 1 saturated carbocycles. The lowest BCUT2D eigenvalue weighted by molar-refractivity contribution is -0.121. The molecule has 23 heavy (non-hydrogen) atoms. The van der Waals surface area contributed by atoms with Crippen molar-refractivity contribution in [2.45, 2.75) is 52.0 Å². The summed E-state index contributed by atoms with van der Waals surface area (Å²) in [6.07, 6.45) is 5.09. The molecule has 1 aliphatic carbocycles. The largest absolute Gasteiger partial charge is 0.353 e. The first-order valence-electron chi connectivity index (χ1n) is 8.12. The van der Waals surface area contributed by atoms with Crippen molar-refractivity contribution in [3.63, 3.8) is 0 Å². The van der Waals surface area contributed by atoms with E-state index in [2.05, 4.69) is 10.4 Å². The molecule has 6 nitrogen and oxygen atoms in total. The molecule has 2 rings (SSSR count). The van der Waals surface area contributed by atoms with Crippen molar-refractivity contribution in [3.8, 4) is 0 Å². The van der Waals surface area contributed by atoms with Gasteiger partial charge in [0.05, 0.1) is 17.9 Å². The van der Waals surface area contributed by atoms with Crippen LogP contribution < -0.4 is 5.32 Å². The number of hydrogen-bond donors (Lipinski definition) is 1. The molecule has 7 heteroatoms. The van der Waals surface area contributed by atoms with Crippen molar-refractivity contribution in [2.24, 2.45) is 13.0 Å². The van der Waals surface area contributed by atoms with Crippen molar-refractivity contribution in [1.82, 2.24) is 15.1 Å². The van der Waals surface area contributed by atoms with E-state index in [-0.39, 0.29) is 23.6 Å². The predicted octanol–water partition coefficient (Wildman–Crippen LogP) is 1.30.